The van der Waals surface area contributed by atoms with E-state index in [2.05, 4.69) is 5.32 Å². The summed E-state index contributed by atoms with van der Waals surface area (Å²) >= 11 is 5.64. The van der Waals surface area contributed by atoms with Crippen molar-refractivity contribution in [2.24, 2.45) is 0 Å². The highest BCUT2D eigenvalue weighted by molar-refractivity contribution is 6.17. The van der Waals surface area contributed by atoms with Crippen LogP contribution in [0, 0.1) is 0 Å². The first-order valence-electron chi connectivity index (χ1n) is 4.35. The van der Waals surface area contributed by atoms with Crippen molar-refractivity contribution in [3.63, 3.8) is 0 Å². The number of hydrogen-bond donors (Lipinski definition) is 1. The summed E-state index contributed by atoms with van der Waals surface area (Å²) < 4.78 is 23.6. The maximum absolute atomic E-state index is 11.8. The fraction of sp³-hybridized carbons (Fsp3) is 0.400. The summed E-state index contributed by atoms with van der Waals surface area (Å²) in [6.07, 6.45) is -2.30. The molecule has 0 fully saturated rings. The molecule has 14 heavy (non-hydrogen) atoms. The zero-order chi connectivity index (χ0) is 10.4. The molecule has 4 heteroatoms. The summed E-state index contributed by atoms with van der Waals surface area (Å²) in [5.74, 6) is 0.447. The molecule has 0 atom stereocenters. The van der Waals surface area contributed by atoms with E-state index in [4.69, 9.17) is 11.6 Å². The summed E-state index contributed by atoms with van der Waals surface area (Å²) in [6, 6.07) is 7.57. The Bertz CT molecular complexity index is 279. The highest BCUT2D eigenvalue weighted by Crippen LogP contribution is 2.07. The maximum Gasteiger partial charge on any atom is 0.250 e. The van der Waals surface area contributed by atoms with Crippen LogP contribution in [0.1, 0.15) is 11.1 Å². The lowest BCUT2D eigenvalue weighted by Gasteiger charge is -2.05. The molecule has 1 aromatic rings. The van der Waals surface area contributed by atoms with E-state index in [1.54, 1.807) is 0 Å². The molecule has 0 unspecified atom stereocenters. The Morgan fingerprint density at radius 2 is 2.00 bits per heavy atom. The minimum Gasteiger partial charge on any atom is -0.307 e. The third-order valence-electron chi connectivity index (χ3n) is 1.77. The lowest BCUT2D eigenvalue weighted by molar-refractivity contribution is 0.145. The van der Waals surface area contributed by atoms with E-state index in [9.17, 15) is 8.78 Å². The highest BCUT2D eigenvalue weighted by Gasteiger charge is 2.01. The number of rotatable bonds is 5. The van der Waals surface area contributed by atoms with Crippen molar-refractivity contribution in [2.45, 2.75) is 18.9 Å². The first kappa shape index (κ1) is 11.4. The standard InChI is InChI=1S/C10H12ClF2N/c11-5-8-2-1-3-9(4-8)6-14-7-10(12)13/h1-4,10,14H,5-7H2. The van der Waals surface area contributed by atoms with Gasteiger partial charge in [0.05, 0.1) is 6.54 Å². The smallest absolute Gasteiger partial charge is 0.250 e. The van der Waals surface area contributed by atoms with Crippen molar-refractivity contribution in [3.8, 4) is 0 Å². The number of halogens is 3. The first-order chi connectivity index (χ1) is 6.72. The molecule has 0 radical (unpaired) electrons. The van der Waals surface area contributed by atoms with Gasteiger partial charge in [-0.25, -0.2) is 8.78 Å². The van der Waals surface area contributed by atoms with Crippen LogP contribution >= 0.6 is 11.6 Å². The molecule has 1 N–H and O–H groups in total. The summed E-state index contributed by atoms with van der Waals surface area (Å²) in [6.45, 7) is 0.181. The van der Waals surface area contributed by atoms with Crippen LogP contribution in [0.4, 0.5) is 8.78 Å². The third kappa shape index (κ3) is 4.03. The van der Waals surface area contributed by atoms with Gasteiger partial charge in [-0.3, -0.25) is 0 Å². The lowest BCUT2D eigenvalue weighted by Crippen LogP contribution is -2.20. The Kier molecular flexibility index (Phi) is 4.84. The van der Waals surface area contributed by atoms with Gasteiger partial charge in [0.2, 0.25) is 0 Å². The molecule has 1 nitrogen and oxygen atoms in total. The summed E-state index contributed by atoms with van der Waals surface area (Å²) in [5.41, 5.74) is 1.98. The van der Waals surface area contributed by atoms with Crippen molar-refractivity contribution in [1.82, 2.24) is 5.32 Å². The minimum absolute atomic E-state index is 0.273. The quantitative estimate of drug-likeness (QED) is 0.751. The largest absolute Gasteiger partial charge is 0.307 e. The normalized spacial score (nSPS) is 10.9. The Morgan fingerprint density at radius 1 is 1.29 bits per heavy atom. The van der Waals surface area contributed by atoms with Crippen LogP contribution in [0.3, 0.4) is 0 Å². The van der Waals surface area contributed by atoms with Gasteiger partial charge in [-0.2, -0.15) is 0 Å². The molecule has 1 aromatic carbocycles. The molecular formula is C10H12ClF2N. The predicted molar refractivity (Wildman–Crippen MR) is 53.7 cm³/mol. The van der Waals surface area contributed by atoms with Crippen molar-refractivity contribution < 1.29 is 8.78 Å². The summed E-state index contributed by atoms with van der Waals surface area (Å²) in [5, 5.41) is 2.66. The maximum atomic E-state index is 11.8. The number of nitrogens with one attached hydrogen (secondary N) is 1. The predicted octanol–water partition coefficient (Wildman–Crippen LogP) is 2.78. The minimum atomic E-state index is -2.30. The van der Waals surface area contributed by atoms with E-state index in [0.29, 0.717) is 12.4 Å². The van der Waals surface area contributed by atoms with Crippen LogP contribution < -0.4 is 5.32 Å². The van der Waals surface area contributed by atoms with Crippen LogP contribution in [-0.2, 0) is 12.4 Å². The van der Waals surface area contributed by atoms with Gasteiger partial charge < -0.3 is 5.32 Å². The van der Waals surface area contributed by atoms with Gasteiger partial charge in [-0.05, 0) is 11.1 Å². The molecule has 0 aliphatic rings. The molecule has 0 saturated carbocycles. The Morgan fingerprint density at radius 3 is 2.64 bits per heavy atom. The average molecular weight is 220 g/mol. The first-order valence-corrected chi connectivity index (χ1v) is 4.88. The van der Waals surface area contributed by atoms with Gasteiger partial charge in [0.25, 0.3) is 6.43 Å². The topological polar surface area (TPSA) is 12.0 Å². The molecule has 0 aliphatic carbocycles. The van der Waals surface area contributed by atoms with Crippen LogP contribution in [0.25, 0.3) is 0 Å². The highest BCUT2D eigenvalue weighted by atomic mass is 35.5. The summed E-state index contributed by atoms with van der Waals surface area (Å²) in [4.78, 5) is 0. The monoisotopic (exact) mass is 219 g/mol. The van der Waals surface area contributed by atoms with Gasteiger partial charge in [0.15, 0.2) is 0 Å². The van der Waals surface area contributed by atoms with Gasteiger partial charge in [-0.15, -0.1) is 11.6 Å². The fourth-order valence-corrected chi connectivity index (χ4v) is 1.31. The van der Waals surface area contributed by atoms with E-state index in [0.717, 1.165) is 11.1 Å². The number of alkyl halides is 3. The van der Waals surface area contributed by atoms with Crippen molar-refractivity contribution in [2.75, 3.05) is 6.54 Å². The Balaban J connectivity index is 2.42. The molecule has 0 aromatic heterocycles. The van der Waals surface area contributed by atoms with Crippen LogP contribution in [0.2, 0.25) is 0 Å². The molecule has 78 valence electrons. The van der Waals surface area contributed by atoms with Gasteiger partial charge in [-0.1, -0.05) is 24.3 Å². The number of benzene rings is 1. The van der Waals surface area contributed by atoms with E-state index < -0.39 is 6.43 Å². The zero-order valence-corrected chi connectivity index (χ0v) is 8.40. The molecule has 0 aliphatic heterocycles. The molecule has 0 spiro atoms. The molecule has 1 rings (SSSR count). The number of hydrogen-bond acceptors (Lipinski definition) is 1. The van der Waals surface area contributed by atoms with Crippen molar-refractivity contribution in [1.29, 1.82) is 0 Å². The molecule has 0 bridgehead atoms. The molecule has 0 heterocycles. The van der Waals surface area contributed by atoms with E-state index >= 15 is 0 Å². The molecular weight excluding hydrogens is 208 g/mol. The van der Waals surface area contributed by atoms with Gasteiger partial charge in [0.1, 0.15) is 0 Å². The van der Waals surface area contributed by atoms with Crippen LogP contribution in [0.5, 0.6) is 0 Å². The van der Waals surface area contributed by atoms with E-state index in [1.165, 1.54) is 0 Å². The second-order valence-electron chi connectivity index (χ2n) is 2.98. The Labute approximate surface area is 87.1 Å². The summed E-state index contributed by atoms with van der Waals surface area (Å²) in [7, 11) is 0. The second kappa shape index (κ2) is 5.94. The fourth-order valence-electron chi connectivity index (χ4n) is 1.15. The van der Waals surface area contributed by atoms with E-state index in [-0.39, 0.29) is 6.54 Å². The Hall–Kier alpha value is -0.670. The SMILES string of the molecule is FC(F)CNCc1cccc(CCl)c1. The molecule has 0 amide bonds. The lowest BCUT2D eigenvalue weighted by atomic mass is 10.1. The second-order valence-corrected chi connectivity index (χ2v) is 3.24. The third-order valence-corrected chi connectivity index (χ3v) is 2.08. The van der Waals surface area contributed by atoms with Gasteiger partial charge >= 0.3 is 0 Å². The van der Waals surface area contributed by atoms with Gasteiger partial charge in [0, 0.05) is 12.4 Å². The van der Waals surface area contributed by atoms with Crippen LogP contribution in [-0.4, -0.2) is 13.0 Å². The van der Waals surface area contributed by atoms with Crippen molar-refractivity contribution >= 4 is 11.6 Å². The molecule has 0 saturated heterocycles. The zero-order valence-electron chi connectivity index (χ0n) is 7.64. The van der Waals surface area contributed by atoms with Crippen molar-refractivity contribution in [3.05, 3.63) is 35.4 Å². The van der Waals surface area contributed by atoms with E-state index in [1.807, 2.05) is 24.3 Å². The van der Waals surface area contributed by atoms with Crippen LogP contribution in [0.15, 0.2) is 24.3 Å². The average Bonchev–Trinajstić information content (AvgIpc) is 2.18.